The summed E-state index contributed by atoms with van der Waals surface area (Å²) >= 11 is 0. The maximum Gasteiger partial charge on any atom is 0.322 e. The van der Waals surface area contributed by atoms with Crippen LogP contribution in [0.15, 0.2) is 72.8 Å². The lowest BCUT2D eigenvalue weighted by atomic mass is 9.52. The van der Waals surface area contributed by atoms with Crippen molar-refractivity contribution in [3.63, 3.8) is 0 Å². The second-order valence-corrected chi connectivity index (χ2v) is 11.7. The number of esters is 2. The third-order valence-corrected chi connectivity index (χ3v) is 9.81. The molecule has 7 heteroatoms. The highest BCUT2D eigenvalue weighted by Gasteiger charge is 2.57. The van der Waals surface area contributed by atoms with Crippen molar-refractivity contribution >= 4 is 11.9 Å². The number of carbonyl (C=O) groups is 2. The molecular formula is C33H31NO6. The maximum absolute atomic E-state index is 13.7. The van der Waals surface area contributed by atoms with Gasteiger partial charge in [0, 0.05) is 30.2 Å². The van der Waals surface area contributed by atoms with Gasteiger partial charge in [-0.05, 0) is 52.3 Å². The minimum Gasteiger partial charge on any atom is -0.468 e. The molecule has 1 N–H and O–H groups in total. The van der Waals surface area contributed by atoms with Crippen LogP contribution in [0.5, 0.6) is 5.75 Å². The molecule has 5 unspecified atom stereocenters. The molecule has 3 fully saturated rings. The van der Waals surface area contributed by atoms with Crippen molar-refractivity contribution in [2.24, 2.45) is 17.8 Å². The molecule has 9 atom stereocenters. The Bertz CT molecular complexity index is 1490. The predicted molar refractivity (Wildman–Crippen MR) is 145 cm³/mol. The molecule has 3 aliphatic carbocycles. The van der Waals surface area contributed by atoms with Crippen LogP contribution in [-0.4, -0.2) is 44.1 Å². The highest BCUT2D eigenvalue weighted by molar-refractivity contribution is 5.82. The average Bonchev–Trinajstić information content (AvgIpc) is 3.61. The monoisotopic (exact) mass is 537 g/mol. The Morgan fingerprint density at radius 1 is 0.850 bits per heavy atom. The molecule has 7 nitrogen and oxygen atoms in total. The summed E-state index contributed by atoms with van der Waals surface area (Å²) in [5.41, 5.74) is 6.24. The Balaban J connectivity index is 1.12. The molecule has 3 saturated heterocycles. The van der Waals surface area contributed by atoms with Crippen molar-refractivity contribution in [2.75, 3.05) is 13.7 Å². The van der Waals surface area contributed by atoms with Crippen molar-refractivity contribution in [2.45, 2.75) is 49.2 Å². The van der Waals surface area contributed by atoms with Crippen molar-refractivity contribution < 1.29 is 28.5 Å². The van der Waals surface area contributed by atoms with E-state index in [9.17, 15) is 9.59 Å². The first-order valence-corrected chi connectivity index (χ1v) is 14.2. The van der Waals surface area contributed by atoms with Crippen LogP contribution in [0.3, 0.4) is 0 Å². The SMILES string of the molecule is COC(=O)[C@@H]1C[C@H](C(=O)Oc2ccc3c(c2)C2c4ccccc4C3C3C4CO[C@H](CC23)O4)[C@H](c2ccccc2)N1. The van der Waals surface area contributed by atoms with Gasteiger partial charge in [0.25, 0.3) is 0 Å². The van der Waals surface area contributed by atoms with Crippen LogP contribution < -0.4 is 10.1 Å². The Morgan fingerprint density at radius 3 is 2.40 bits per heavy atom. The molecular weight excluding hydrogens is 506 g/mol. The van der Waals surface area contributed by atoms with E-state index in [4.69, 9.17) is 18.9 Å². The van der Waals surface area contributed by atoms with Crippen LogP contribution in [-0.2, 0) is 23.8 Å². The standard InChI is InChI=1S/C33H31NO6/c1-37-33(36)25-14-24(31(34-25)17-7-3-2-4-8-17)32(35)39-18-11-12-21-22(13-18)28-19-9-5-6-10-20(19)29(21)30-23(28)15-27-38-16-26(30)40-27/h2-13,23-31,34H,14-16H2,1H3/t23?,24-,25-,26?,27-,28?,29?,30?,31-/m0/s1. The van der Waals surface area contributed by atoms with Gasteiger partial charge in [-0.3, -0.25) is 14.9 Å². The lowest BCUT2D eigenvalue weighted by Crippen LogP contribution is -2.49. The van der Waals surface area contributed by atoms with Gasteiger partial charge in [-0.15, -0.1) is 0 Å². The fraction of sp³-hybridized carbons (Fsp3) is 0.394. The number of rotatable bonds is 4. The molecule has 9 rings (SSSR count). The van der Waals surface area contributed by atoms with Gasteiger partial charge in [0.2, 0.25) is 0 Å². The topological polar surface area (TPSA) is 83.1 Å². The first-order chi connectivity index (χ1) is 19.6. The van der Waals surface area contributed by atoms with Crippen LogP contribution in [0.25, 0.3) is 0 Å². The molecule has 0 aromatic heterocycles. The number of nitrogens with one attached hydrogen (secondary N) is 1. The van der Waals surface area contributed by atoms with Gasteiger partial charge >= 0.3 is 11.9 Å². The normalized spacial score (nSPS) is 34.5. The molecule has 0 radical (unpaired) electrons. The van der Waals surface area contributed by atoms with Gasteiger partial charge in [0.1, 0.15) is 11.8 Å². The molecule has 0 amide bonds. The molecule has 204 valence electrons. The number of methoxy groups -OCH3 is 1. The van der Waals surface area contributed by atoms with E-state index >= 15 is 0 Å². The molecule has 3 aromatic carbocycles. The lowest BCUT2D eigenvalue weighted by molar-refractivity contribution is -0.143. The van der Waals surface area contributed by atoms with Gasteiger partial charge < -0.3 is 18.9 Å². The smallest absolute Gasteiger partial charge is 0.322 e. The van der Waals surface area contributed by atoms with Gasteiger partial charge in [-0.2, -0.15) is 0 Å². The quantitative estimate of drug-likeness (QED) is 0.389. The number of ether oxygens (including phenoxy) is 4. The summed E-state index contributed by atoms with van der Waals surface area (Å²) in [7, 11) is 1.37. The van der Waals surface area contributed by atoms with E-state index < -0.39 is 12.0 Å². The Labute approximate surface area is 232 Å². The summed E-state index contributed by atoms with van der Waals surface area (Å²) in [4.78, 5) is 26.0. The van der Waals surface area contributed by atoms with Crippen molar-refractivity contribution in [3.05, 3.63) is 101 Å². The third-order valence-electron chi connectivity index (χ3n) is 9.81. The summed E-state index contributed by atoms with van der Waals surface area (Å²) < 4.78 is 23.3. The Kier molecular flexibility index (Phi) is 5.63. The van der Waals surface area contributed by atoms with E-state index in [1.165, 1.54) is 29.4 Å². The number of benzene rings is 3. The van der Waals surface area contributed by atoms with E-state index in [1.54, 1.807) is 0 Å². The fourth-order valence-corrected chi connectivity index (χ4v) is 8.24. The number of fused-ring (bicyclic) bond motifs is 2. The Morgan fingerprint density at radius 2 is 1.60 bits per heavy atom. The van der Waals surface area contributed by atoms with Crippen molar-refractivity contribution in [1.82, 2.24) is 5.32 Å². The zero-order chi connectivity index (χ0) is 27.0. The average molecular weight is 538 g/mol. The largest absolute Gasteiger partial charge is 0.468 e. The number of hydrogen-bond donors (Lipinski definition) is 1. The second-order valence-electron chi connectivity index (χ2n) is 11.7. The maximum atomic E-state index is 13.7. The molecule has 6 aliphatic rings. The minimum absolute atomic E-state index is 0.114. The molecule has 3 aromatic rings. The molecule has 40 heavy (non-hydrogen) atoms. The molecule has 0 saturated carbocycles. The summed E-state index contributed by atoms with van der Waals surface area (Å²) in [6.07, 6.45) is 1.18. The highest BCUT2D eigenvalue weighted by atomic mass is 16.7. The number of carbonyl (C=O) groups excluding carboxylic acids is 2. The zero-order valence-corrected chi connectivity index (χ0v) is 22.2. The first kappa shape index (κ1) is 24.3. The molecule has 4 bridgehead atoms. The lowest BCUT2D eigenvalue weighted by Gasteiger charge is -2.54. The second kappa shape index (κ2) is 9.26. The van der Waals surface area contributed by atoms with E-state index in [1.807, 2.05) is 36.4 Å². The van der Waals surface area contributed by atoms with E-state index in [-0.39, 0.29) is 42.2 Å². The van der Waals surface area contributed by atoms with Gasteiger partial charge in [-0.25, -0.2) is 0 Å². The van der Waals surface area contributed by atoms with Crippen LogP contribution in [0.2, 0.25) is 0 Å². The summed E-state index contributed by atoms with van der Waals surface area (Å²) in [5.74, 6) is 0.564. The summed E-state index contributed by atoms with van der Waals surface area (Å²) in [6, 6.07) is 23.7. The van der Waals surface area contributed by atoms with Crippen LogP contribution in [0.1, 0.15) is 58.5 Å². The summed E-state index contributed by atoms with van der Waals surface area (Å²) in [6.45, 7) is 0.660. The van der Waals surface area contributed by atoms with Crippen LogP contribution in [0.4, 0.5) is 0 Å². The van der Waals surface area contributed by atoms with Crippen LogP contribution >= 0.6 is 0 Å². The van der Waals surface area contributed by atoms with Gasteiger partial charge in [-0.1, -0.05) is 60.7 Å². The highest BCUT2D eigenvalue weighted by Crippen LogP contribution is 2.63. The molecule has 0 spiro atoms. The van der Waals surface area contributed by atoms with E-state index in [2.05, 4.69) is 41.7 Å². The number of hydrogen-bond acceptors (Lipinski definition) is 7. The predicted octanol–water partition coefficient (Wildman–Crippen LogP) is 4.45. The summed E-state index contributed by atoms with van der Waals surface area (Å²) in [5, 5.41) is 3.30. The molecule has 3 heterocycles. The van der Waals surface area contributed by atoms with Crippen molar-refractivity contribution in [3.8, 4) is 5.75 Å². The Hall–Kier alpha value is -3.52. The van der Waals surface area contributed by atoms with Crippen LogP contribution in [0, 0.1) is 17.8 Å². The molecule has 3 aliphatic heterocycles. The first-order valence-electron chi connectivity index (χ1n) is 14.2. The third kappa shape index (κ3) is 3.61. The van der Waals surface area contributed by atoms with Gasteiger partial charge in [0.15, 0.2) is 6.29 Å². The van der Waals surface area contributed by atoms with Gasteiger partial charge in [0.05, 0.1) is 25.7 Å². The fourth-order valence-electron chi connectivity index (χ4n) is 8.24. The van der Waals surface area contributed by atoms with E-state index in [0.29, 0.717) is 30.6 Å². The van der Waals surface area contributed by atoms with E-state index in [0.717, 1.165) is 12.0 Å². The minimum atomic E-state index is -0.563. The van der Waals surface area contributed by atoms with Crippen molar-refractivity contribution in [1.29, 1.82) is 0 Å². The zero-order valence-electron chi connectivity index (χ0n) is 22.2.